The van der Waals surface area contributed by atoms with Gasteiger partial charge in [-0.15, -0.1) is 0 Å². The SMILES string of the molecule is CC1(C)C[C@H](NC(=O)Cn2ccc3ccccc32)CCO1. The van der Waals surface area contributed by atoms with Crippen molar-refractivity contribution >= 4 is 16.8 Å². The molecule has 4 heteroatoms. The van der Waals surface area contributed by atoms with E-state index in [0.29, 0.717) is 13.2 Å². The number of nitrogens with one attached hydrogen (secondary N) is 1. The van der Waals surface area contributed by atoms with Gasteiger partial charge < -0.3 is 14.6 Å². The highest BCUT2D eigenvalue weighted by Gasteiger charge is 2.29. The third-order valence-corrected chi connectivity index (χ3v) is 4.06. The number of ether oxygens (including phenoxy) is 1. The molecule has 0 aliphatic carbocycles. The molecule has 0 unspecified atom stereocenters. The van der Waals surface area contributed by atoms with E-state index in [2.05, 4.69) is 25.2 Å². The fourth-order valence-corrected chi connectivity index (χ4v) is 3.06. The summed E-state index contributed by atoms with van der Waals surface area (Å²) < 4.78 is 7.68. The third kappa shape index (κ3) is 3.27. The number of carbonyl (C=O) groups is 1. The van der Waals surface area contributed by atoms with E-state index in [1.54, 1.807) is 0 Å². The van der Waals surface area contributed by atoms with Crippen molar-refractivity contribution in [1.82, 2.24) is 9.88 Å². The summed E-state index contributed by atoms with van der Waals surface area (Å²) in [4.78, 5) is 12.3. The van der Waals surface area contributed by atoms with Crippen molar-refractivity contribution in [3.63, 3.8) is 0 Å². The average molecular weight is 286 g/mol. The molecule has 2 aromatic rings. The highest BCUT2D eigenvalue weighted by Crippen LogP contribution is 2.24. The largest absolute Gasteiger partial charge is 0.375 e. The number of amides is 1. The van der Waals surface area contributed by atoms with Gasteiger partial charge in [0, 0.05) is 24.4 Å². The molecular formula is C17H22N2O2. The van der Waals surface area contributed by atoms with Gasteiger partial charge >= 0.3 is 0 Å². The fourth-order valence-electron chi connectivity index (χ4n) is 3.06. The maximum atomic E-state index is 12.3. The minimum atomic E-state index is -0.143. The summed E-state index contributed by atoms with van der Waals surface area (Å²) in [5.74, 6) is 0.0686. The number of aromatic nitrogens is 1. The topological polar surface area (TPSA) is 43.3 Å². The Labute approximate surface area is 125 Å². The molecular weight excluding hydrogens is 264 g/mol. The van der Waals surface area contributed by atoms with E-state index >= 15 is 0 Å². The van der Waals surface area contributed by atoms with Crippen LogP contribution in [-0.4, -0.2) is 28.7 Å². The second-order valence-corrected chi connectivity index (χ2v) is 6.37. The van der Waals surface area contributed by atoms with Gasteiger partial charge in [0.05, 0.1) is 5.60 Å². The number of rotatable bonds is 3. The van der Waals surface area contributed by atoms with Crippen LogP contribution < -0.4 is 5.32 Å². The van der Waals surface area contributed by atoms with Gasteiger partial charge in [-0.05, 0) is 44.2 Å². The van der Waals surface area contributed by atoms with Crippen LogP contribution in [0.4, 0.5) is 0 Å². The first-order chi connectivity index (χ1) is 10.0. The zero-order chi connectivity index (χ0) is 14.9. The van der Waals surface area contributed by atoms with Gasteiger partial charge in [0.2, 0.25) is 5.91 Å². The van der Waals surface area contributed by atoms with Gasteiger partial charge in [-0.3, -0.25) is 4.79 Å². The monoisotopic (exact) mass is 286 g/mol. The zero-order valence-corrected chi connectivity index (χ0v) is 12.6. The van der Waals surface area contributed by atoms with Gasteiger partial charge in [-0.1, -0.05) is 18.2 Å². The van der Waals surface area contributed by atoms with Crippen LogP contribution in [0.1, 0.15) is 26.7 Å². The highest BCUT2D eigenvalue weighted by atomic mass is 16.5. The van der Waals surface area contributed by atoms with Crippen LogP contribution >= 0.6 is 0 Å². The van der Waals surface area contributed by atoms with Gasteiger partial charge in [-0.25, -0.2) is 0 Å². The summed E-state index contributed by atoms with van der Waals surface area (Å²) in [5, 5.41) is 4.30. The number of para-hydroxylation sites is 1. The molecule has 112 valence electrons. The molecule has 1 amide bonds. The van der Waals surface area contributed by atoms with Crippen molar-refractivity contribution in [2.75, 3.05) is 6.61 Å². The molecule has 21 heavy (non-hydrogen) atoms. The second kappa shape index (κ2) is 5.53. The van der Waals surface area contributed by atoms with Gasteiger partial charge in [0.1, 0.15) is 6.54 Å². The quantitative estimate of drug-likeness (QED) is 0.942. The molecule has 4 nitrogen and oxygen atoms in total. The molecule has 1 aliphatic rings. The Hall–Kier alpha value is -1.81. The Morgan fingerprint density at radius 2 is 2.19 bits per heavy atom. The normalized spacial score (nSPS) is 21.3. The van der Waals surface area contributed by atoms with Gasteiger partial charge in [0.15, 0.2) is 0 Å². The molecule has 1 aromatic carbocycles. The standard InChI is InChI=1S/C17H22N2O2/c1-17(2)11-14(8-10-21-17)18-16(20)12-19-9-7-13-5-3-4-6-15(13)19/h3-7,9,14H,8,10-12H2,1-2H3,(H,18,20)/t14-/m1/s1. The lowest BCUT2D eigenvalue weighted by molar-refractivity contribution is -0.124. The second-order valence-electron chi connectivity index (χ2n) is 6.37. The van der Waals surface area contributed by atoms with Gasteiger partial charge in [0.25, 0.3) is 0 Å². The van der Waals surface area contributed by atoms with Crippen LogP contribution in [0.15, 0.2) is 36.5 Å². The molecule has 1 aromatic heterocycles. The Morgan fingerprint density at radius 1 is 1.38 bits per heavy atom. The van der Waals surface area contributed by atoms with Crippen molar-refractivity contribution in [1.29, 1.82) is 0 Å². The molecule has 1 fully saturated rings. The lowest BCUT2D eigenvalue weighted by atomic mass is 9.94. The summed E-state index contributed by atoms with van der Waals surface area (Å²) in [6.07, 6.45) is 3.73. The summed E-state index contributed by atoms with van der Waals surface area (Å²) in [6.45, 7) is 5.23. The summed E-state index contributed by atoms with van der Waals surface area (Å²) >= 11 is 0. The van der Waals surface area contributed by atoms with E-state index in [1.807, 2.05) is 35.0 Å². The van der Waals surface area contributed by atoms with Crippen molar-refractivity contribution in [3.05, 3.63) is 36.5 Å². The van der Waals surface area contributed by atoms with Crippen LogP contribution in [0, 0.1) is 0 Å². The first-order valence-electron chi connectivity index (χ1n) is 7.51. The lowest BCUT2D eigenvalue weighted by Gasteiger charge is -2.35. The first kappa shape index (κ1) is 14.1. The Morgan fingerprint density at radius 3 is 3.00 bits per heavy atom. The maximum Gasteiger partial charge on any atom is 0.240 e. The van der Waals surface area contributed by atoms with Gasteiger partial charge in [-0.2, -0.15) is 0 Å². The molecule has 0 radical (unpaired) electrons. The molecule has 1 saturated heterocycles. The molecule has 1 atom stereocenters. The first-order valence-corrected chi connectivity index (χ1v) is 7.51. The summed E-state index contributed by atoms with van der Waals surface area (Å²) in [6, 6.07) is 10.4. The predicted octanol–water partition coefficient (Wildman–Crippen LogP) is 2.72. The molecule has 1 N–H and O–H groups in total. The maximum absolute atomic E-state index is 12.3. The molecule has 3 rings (SSSR count). The summed E-state index contributed by atoms with van der Waals surface area (Å²) in [5.41, 5.74) is 0.955. The van der Waals surface area contributed by atoms with Crippen molar-refractivity contribution < 1.29 is 9.53 Å². The highest BCUT2D eigenvalue weighted by molar-refractivity contribution is 5.83. The van der Waals surface area contributed by atoms with Crippen molar-refractivity contribution in [2.24, 2.45) is 0 Å². The number of fused-ring (bicyclic) bond motifs is 1. The number of nitrogens with zero attached hydrogens (tertiary/aromatic N) is 1. The molecule has 0 saturated carbocycles. The lowest BCUT2D eigenvalue weighted by Crippen LogP contribution is -2.46. The van der Waals surface area contributed by atoms with E-state index in [4.69, 9.17) is 4.74 Å². The third-order valence-electron chi connectivity index (χ3n) is 4.06. The zero-order valence-electron chi connectivity index (χ0n) is 12.6. The minimum absolute atomic E-state index is 0.0686. The van der Waals surface area contributed by atoms with Crippen LogP contribution in [-0.2, 0) is 16.1 Å². The number of carbonyl (C=O) groups excluding carboxylic acids is 1. The average Bonchev–Trinajstić information content (AvgIpc) is 2.81. The molecule has 0 bridgehead atoms. The van der Waals surface area contributed by atoms with E-state index in [-0.39, 0.29) is 17.6 Å². The smallest absolute Gasteiger partial charge is 0.240 e. The Kier molecular flexibility index (Phi) is 3.72. The molecule has 2 heterocycles. The van der Waals surface area contributed by atoms with E-state index in [0.717, 1.165) is 23.7 Å². The minimum Gasteiger partial charge on any atom is -0.375 e. The van der Waals surface area contributed by atoms with Crippen LogP contribution in [0.5, 0.6) is 0 Å². The number of hydrogen-bond acceptors (Lipinski definition) is 2. The van der Waals surface area contributed by atoms with Crippen molar-refractivity contribution in [3.8, 4) is 0 Å². The number of hydrogen-bond donors (Lipinski definition) is 1. The van der Waals surface area contributed by atoms with Crippen LogP contribution in [0.25, 0.3) is 10.9 Å². The number of benzene rings is 1. The Balaban J connectivity index is 1.64. The van der Waals surface area contributed by atoms with Crippen LogP contribution in [0.3, 0.4) is 0 Å². The molecule has 1 aliphatic heterocycles. The van der Waals surface area contributed by atoms with E-state index in [9.17, 15) is 4.79 Å². The fraction of sp³-hybridized carbons (Fsp3) is 0.471. The van der Waals surface area contributed by atoms with E-state index in [1.165, 1.54) is 0 Å². The van der Waals surface area contributed by atoms with Crippen molar-refractivity contribution in [2.45, 2.75) is 44.9 Å². The molecule has 0 spiro atoms. The van der Waals surface area contributed by atoms with Crippen LogP contribution in [0.2, 0.25) is 0 Å². The predicted molar refractivity (Wildman–Crippen MR) is 83.1 cm³/mol. The Bertz CT molecular complexity index is 645. The van der Waals surface area contributed by atoms with E-state index < -0.39 is 0 Å². The summed E-state index contributed by atoms with van der Waals surface area (Å²) in [7, 11) is 0.